The van der Waals surface area contributed by atoms with Crippen molar-refractivity contribution in [2.45, 2.75) is 38.3 Å². The van der Waals surface area contributed by atoms with Crippen LogP contribution in [0.5, 0.6) is 0 Å². The molecule has 0 aromatic heterocycles. The number of primary amides is 1. The molecule has 0 saturated carbocycles. The summed E-state index contributed by atoms with van der Waals surface area (Å²) in [6.07, 6.45) is 1.06. The van der Waals surface area contributed by atoms with Crippen LogP contribution in [0.2, 0.25) is 0 Å². The van der Waals surface area contributed by atoms with Crippen LogP contribution in [0.4, 0.5) is 0 Å². The lowest BCUT2D eigenvalue weighted by Crippen LogP contribution is -2.45. The highest BCUT2D eigenvalue weighted by Crippen LogP contribution is 2.38. The molecule has 1 heterocycles. The fourth-order valence-corrected chi connectivity index (χ4v) is 2.83. The number of hydrogen-bond donors (Lipinski definition) is 2. The summed E-state index contributed by atoms with van der Waals surface area (Å²) >= 11 is 0. The van der Waals surface area contributed by atoms with Crippen LogP contribution in [0.1, 0.15) is 48.1 Å². The Morgan fingerprint density at radius 3 is 2.62 bits per heavy atom. The average Bonchev–Trinajstić information content (AvgIpc) is 2.70. The smallest absolute Gasteiger partial charge is 0.326 e. The number of hydrogen-bond acceptors (Lipinski definition) is 3. The number of rotatable bonds is 6. The van der Waals surface area contributed by atoms with E-state index in [1.807, 2.05) is 19.1 Å². The summed E-state index contributed by atoms with van der Waals surface area (Å²) in [5.74, 6) is -2.30. The number of carbonyl (C=O) groups is 3. The summed E-state index contributed by atoms with van der Waals surface area (Å²) in [4.78, 5) is 36.4. The van der Waals surface area contributed by atoms with Crippen molar-refractivity contribution in [2.24, 2.45) is 5.73 Å². The minimum Gasteiger partial charge on any atom is -0.480 e. The molecule has 0 fully saturated rings. The van der Waals surface area contributed by atoms with Gasteiger partial charge in [-0.15, -0.1) is 0 Å². The molecule has 1 aliphatic heterocycles. The second kappa shape index (κ2) is 5.95. The maximum Gasteiger partial charge on any atom is 0.326 e. The number of carbonyl (C=O) groups excluding carboxylic acids is 2. The summed E-state index contributed by atoms with van der Waals surface area (Å²) < 4.78 is 0. The molecule has 0 saturated heterocycles. The molecule has 2 unspecified atom stereocenters. The number of aliphatic carboxylic acids is 1. The largest absolute Gasteiger partial charge is 0.480 e. The molecule has 3 N–H and O–H groups in total. The molecule has 0 bridgehead atoms. The molecular formula is C15H18N2O4. The summed E-state index contributed by atoms with van der Waals surface area (Å²) in [7, 11) is 0. The molecule has 2 rings (SSSR count). The standard InChI is InChI=1S/C15H18N2O4/c1-2-5-11-9-6-3-4-7-10(9)14(19)17(11)12(15(20)21)8-13(16)18/h3-4,6-7,11-12H,2,5,8H2,1H3,(H2,16,18)(H,20,21). The predicted molar refractivity (Wildman–Crippen MR) is 75.5 cm³/mol. The summed E-state index contributed by atoms with van der Waals surface area (Å²) in [6, 6.07) is 5.54. The van der Waals surface area contributed by atoms with Crippen molar-refractivity contribution >= 4 is 17.8 Å². The van der Waals surface area contributed by atoms with E-state index in [0.717, 1.165) is 12.0 Å². The molecule has 0 radical (unpaired) electrons. The lowest BCUT2D eigenvalue weighted by atomic mass is 10.0. The molecule has 6 heteroatoms. The number of amides is 2. The number of nitrogens with two attached hydrogens (primary N) is 1. The molecule has 1 aromatic rings. The van der Waals surface area contributed by atoms with Crippen molar-refractivity contribution in [3.05, 3.63) is 35.4 Å². The van der Waals surface area contributed by atoms with Crippen LogP contribution in [-0.4, -0.2) is 33.8 Å². The van der Waals surface area contributed by atoms with Gasteiger partial charge >= 0.3 is 5.97 Å². The van der Waals surface area contributed by atoms with Gasteiger partial charge in [0.25, 0.3) is 5.91 Å². The molecular weight excluding hydrogens is 272 g/mol. The minimum atomic E-state index is -1.22. The summed E-state index contributed by atoms with van der Waals surface area (Å²) in [5, 5.41) is 9.36. The van der Waals surface area contributed by atoms with Crippen LogP contribution in [0, 0.1) is 0 Å². The summed E-state index contributed by atoms with van der Waals surface area (Å²) in [5.41, 5.74) is 6.45. The first kappa shape index (κ1) is 15.0. The molecule has 21 heavy (non-hydrogen) atoms. The van der Waals surface area contributed by atoms with Gasteiger partial charge in [-0.1, -0.05) is 31.5 Å². The van der Waals surface area contributed by atoms with E-state index in [1.165, 1.54) is 4.90 Å². The van der Waals surface area contributed by atoms with Crippen molar-refractivity contribution in [1.82, 2.24) is 4.90 Å². The number of carboxylic acid groups (broad SMARTS) is 1. The van der Waals surface area contributed by atoms with E-state index in [2.05, 4.69) is 0 Å². The van der Waals surface area contributed by atoms with Gasteiger partial charge in [-0.05, 0) is 18.1 Å². The van der Waals surface area contributed by atoms with Gasteiger partial charge in [0.05, 0.1) is 12.5 Å². The zero-order valence-electron chi connectivity index (χ0n) is 11.8. The molecule has 0 aliphatic carbocycles. The average molecular weight is 290 g/mol. The first-order valence-corrected chi connectivity index (χ1v) is 6.90. The first-order chi connectivity index (χ1) is 9.97. The Labute approximate surface area is 122 Å². The highest BCUT2D eigenvalue weighted by molar-refractivity contribution is 6.01. The van der Waals surface area contributed by atoms with Crippen LogP contribution < -0.4 is 5.73 Å². The Morgan fingerprint density at radius 2 is 2.05 bits per heavy atom. The monoisotopic (exact) mass is 290 g/mol. The van der Waals surface area contributed by atoms with Gasteiger partial charge in [0, 0.05) is 5.56 Å². The highest BCUT2D eigenvalue weighted by Gasteiger charge is 2.43. The van der Waals surface area contributed by atoms with E-state index >= 15 is 0 Å². The molecule has 6 nitrogen and oxygen atoms in total. The zero-order chi connectivity index (χ0) is 15.6. The predicted octanol–water partition coefficient (Wildman–Crippen LogP) is 1.31. The molecule has 1 aromatic carbocycles. The number of benzene rings is 1. The van der Waals surface area contributed by atoms with Crippen LogP contribution in [-0.2, 0) is 9.59 Å². The third-order valence-corrected chi connectivity index (χ3v) is 3.70. The van der Waals surface area contributed by atoms with E-state index < -0.39 is 17.9 Å². The molecule has 0 spiro atoms. The van der Waals surface area contributed by atoms with Crippen molar-refractivity contribution in [2.75, 3.05) is 0 Å². The maximum atomic E-state index is 12.5. The second-order valence-electron chi connectivity index (χ2n) is 5.13. The van der Waals surface area contributed by atoms with Crippen LogP contribution in [0.25, 0.3) is 0 Å². The van der Waals surface area contributed by atoms with Gasteiger partial charge in [-0.2, -0.15) is 0 Å². The Hall–Kier alpha value is -2.37. The van der Waals surface area contributed by atoms with E-state index in [-0.39, 0.29) is 18.4 Å². The van der Waals surface area contributed by atoms with Gasteiger partial charge in [0.15, 0.2) is 0 Å². The van der Waals surface area contributed by atoms with Gasteiger partial charge in [-0.3, -0.25) is 9.59 Å². The molecule has 2 amide bonds. The van der Waals surface area contributed by atoms with E-state index in [0.29, 0.717) is 12.0 Å². The number of carboxylic acids is 1. The van der Waals surface area contributed by atoms with Crippen LogP contribution in [0.3, 0.4) is 0 Å². The van der Waals surface area contributed by atoms with E-state index in [9.17, 15) is 19.5 Å². The van der Waals surface area contributed by atoms with Crippen LogP contribution in [0.15, 0.2) is 24.3 Å². The Morgan fingerprint density at radius 1 is 1.38 bits per heavy atom. The third-order valence-electron chi connectivity index (χ3n) is 3.70. The van der Waals surface area contributed by atoms with Gasteiger partial charge in [-0.25, -0.2) is 4.79 Å². The Kier molecular flexibility index (Phi) is 4.26. The molecule has 2 atom stereocenters. The summed E-state index contributed by atoms with van der Waals surface area (Å²) in [6.45, 7) is 1.97. The van der Waals surface area contributed by atoms with Crippen LogP contribution >= 0.6 is 0 Å². The Bertz CT molecular complexity index is 585. The lowest BCUT2D eigenvalue weighted by Gasteiger charge is -2.30. The zero-order valence-corrected chi connectivity index (χ0v) is 11.8. The quantitative estimate of drug-likeness (QED) is 0.824. The lowest BCUT2D eigenvalue weighted by molar-refractivity contribution is -0.145. The van der Waals surface area contributed by atoms with Gasteiger partial charge in [0.2, 0.25) is 5.91 Å². The van der Waals surface area contributed by atoms with E-state index in [4.69, 9.17) is 5.73 Å². The third kappa shape index (κ3) is 2.74. The SMILES string of the molecule is CCCC1c2ccccc2C(=O)N1C(CC(N)=O)C(=O)O. The minimum absolute atomic E-state index is 0.320. The van der Waals surface area contributed by atoms with E-state index in [1.54, 1.807) is 12.1 Å². The number of nitrogens with zero attached hydrogens (tertiary/aromatic N) is 1. The van der Waals surface area contributed by atoms with Crippen molar-refractivity contribution in [3.8, 4) is 0 Å². The second-order valence-corrected chi connectivity index (χ2v) is 5.13. The Balaban J connectivity index is 2.44. The number of fused-ring (bicyclic) bond motifs is 1. The fraction of sp³-hybridized carbons (Fsp3) is 0.400. The fourth-order valence-electron chi connectivity index (χ4n) is 2.83. The topological polar surface area (TPSA) is 101 Å². The molecule has 112 valence electrons. The first-order valence-electron chi connectivity index (χ1n) is 6.90. The van der Waals surface area contributed by atoms with Gasteiger partial charge < -0.3 is 15.7 Å². The van der Waals surface area contributed by atoms with Crippen molar-refractivity contribution in [3.63, 3.8) is 0 Å². The normalized spacial score (nSPS) is 18.4. The van der Waals surface area contributed by atoms with Gasteiger partial charge in [0.1, 0.15) is 6.04 Å². The highest BCUT2D eigenvalue weighted by atomic mass is 16.4. The molecule has 1 aliphatic rings. The van der Waals surface area contributed by atoms with Crippen molar-refractivity contribution in [1.29, 1.82) is 0 Å². The maximum absolute atomic E-state index is 12.5. The van der Waals surface area contributed by atoms with Crippen molar-refractivity contribution < 1.29 is 19.5 Å².